The van der Waals surface area contributed by atoms with Gasteiger partial charge in [0.25, 0.3) is 11.8 Å². The third kappa shape index (κ3) is 6.11. The van der Waals surface area contributed by atoms with Gasteiger partial charge in [0, 0.05) is 5.56 Å². The van der Waals surface area contributed by atoms with Crippen molar-refractivity contribution in [2.45, 2.75) is 13.1 Å². The van der Waals surface area contributed by atoms with Gasteiger partial charge in [-0.2, -0.15) is 18.3 Å². The van der Waals surface area contributed by atoms with Gasteiger partial charge in [-0.05, 0) is 53.8 Å². The number of carbonyl (C=O) groups is 2. The second-order valence-electron chi connectivity index (χ2n) is 7.08. The summed E-state index contributed by atoms with van der Waals surface area (Å²) in [7, 11) is 2.92. The van der Waals surface area contributed by atoms with E-state index in [1.54, 1.807) is 24.4 Å². The number of anilines is 1. The van der Waals surface area contributed by atoms with Gasteiger partial charge in [0.05, 0.1) is 36.6 Å². The zero-order valence-electron chi connectivity index (χ0n) is 18.6. The summed E-state index contributed by atoms with van der Waals surface area (Å²) in [5, 5.41) is 7.94. The van der Waals surface area contributed by atoms with E-state index in [1.807, 2.05) is 0 Å². The van der Waals surface area contributed by atoms with E-state index >= 15 is 0 Å². The molecule has 1 aromatic heterocycles. The molecule has 0 saturated heterocycles. The number of carbonyl (C=O) groups excluding carboxylic acids is 2. The molecule has 2 N–H and O–H groups in total. The second kappa shape index (κ2) is 10.8. The number of methoxy groups -OCH3 is 2. The van der Waals surface area contributed by atoms with Gasteiger partial charge in [-0.15, -0.1) is 11.3 Å². The van der Waals surface area contributed by atoms with Crippen LogP contribution in [-0.4, -0.2) is 32.2 Å². The Balaban J connectivity index is 1.75. The maximum atomic E-state index is 13.0. The van der Waals surface area contributed by atoms with Crippen molar-refractivity contribution < 1.29 is 32.2 Å². The van der Waals surface area contributed by atoms with Gasteiger partial charge in [0.2, 0.25) is 0 Å². The molecule has 3 aromatic rings. The smallest absolute Gasteiger partial charge is 0.417 e. The van der Waals surface area contributed by atoms with Gasteiger partial charge < -0.3 is 14.8 Å². The molecule has 0 radical (unpaired) electrons. The topological polar surface area (TPSA) is 89.0 Å². The fourth-order valence-corrected chi connectivity index (χ4v) is 4.19. The quantitative estimate of drug-likeness (QED) is 0.303. The lowest BCUT2D eigenvalue weighted by Crippen LogP contribution is -2.21. The first-order chi connectivity index (χ1) is 16.5. The Hall–Kier alpha value is -3.57. The molecule has 2 amide bonds. The molecule has 0 aliphatic carbocycles. The van der Waals surface area contributed by atoms with Gasteiger partial charge in [0.15, 0.2) is 11.5 Å². The standard InChI is InChI=1S/C23H19ClF3N3O4S/c1-12-11-35-22(29-20(31)14-5-7-17(33-2)18(9-14)34-3)19(12)21(32)30-28-10-13-4-6-16(24)15(8-13)23(25,26)27/h4-11H,1-3H3,(H,29,31)(H,30,32). The Morgan fingerprint density at radius 3 is 2.43 bits per heavy atom. The molecule has 0 aliphatic rings. The van der Waals surface area contributed by atoms with Gasteiger partial charge in [-0.1, -0.05) is 17.7 Å². The van der Waals surface area contributed by atoms with Crippen molar-refractivity contribution in [2.75, 3.05) is 19.5 Å². The number of rotatable bonds is 7. The number of alkyl halides is 3. The van der Waals surface area contributed by atoms with Gasteiger partial charge in [-0.3, -0.25) is 9.59 Å². The molecule has 184 valence electrons. The van der Waals surface area contributed by atoms with Crippen molar-refractivity contribution >= 4 is 46.0 Å². The third-order valence-electron chi connectivity index (χ3n) is 4.75. The molecule has 0 unspecified atom stereocenters. The molecule has 35 heavy (non-hydrogen) atoms. The number of ether oxygens (including phenoxy) is 2. The molecule has 0 atom stereocenters. The zero-order valence-corrected chi connectivity index (χ0v) is 20.2. The van der Waals surface area contributed by atoms with Crippen LogP contribution in [0.3, 0.4) is 0 Å². The van der Waals surface area contributed by atoms with E-state index in [4.69, 9.17) is 21.1 Å². The minimum Gasteiger partial charge on any atom is -0.493 e. The molecular formula is C23H19ClF3N3O4S. The van der Waals surface area contributed by atoms with Crippen molar-refractivity contribution in [3.05, 3.63) is 74.6 Å². The fraction of sp³-hybridized carbons (Fsp3) is 0.174. The van der Waals surface area contributed by atoms with Crippen molar-refractivity contribution in [1.82, 2.24) is 5.43 Å². The summed E-state index contributed by atoms with van der Waals surface area (Å²) in [6.45, 7) is 1.68. The summed E-state index contributed by atoms with van der Waals surface area (Å²) < 4.78 is 49.4. The Kier molecular flexibility index (Phi) is 8.03. The molecular weight excluding hydrogens is 507 g/mol. The van der Waals surface area contributed by atoms with Crippen LogP contribution in [0.25, 0.3) is 0 Å². The molecule has 2 aromatic carbocycles. The molecule has 7 nitrogen and oxygen atoms in total. The number of halogens is 4. The van der Waals surface area contributed by atoms with Gasteiger partial charge in [0.1, 0.15) is 5.00 Å². The third-order valence-corrected chi connectivity index (χ3v) is 6.09. The maximum Gasteiger partial charge on any atom is 0.417 e. The van der Waals surface area contributed by atoms with Crippen LogP contribution in [0.4, 0.5) is 18.2 Å². The molecule has 3 rings (SSSR count). The first kappa shape index (κ1) is 26.0. The van der Waals surface area contributed by atoms with Crippen molar-refractivity contribution in [3.8, 4) is 11.5 Å². The first-order valence-electron chi connectivity index (χ1n) is 9.86. The minimum atomic E-state index is -4.63. The Morgan fingerprint density at radius 1 is 1.06 bits per heavy atom. The van der Waals surface area contributed by atoms with Crippen molar-refractivity contribution in [1.29, 1.82) is 0 Å². The van der Waals surface area contributed by atoms with Crippen LogP contribution in [-0.2, 0) is 6.18 Å². The summed E-state index contributed by atoms with van der Waals surface area (Å²) in [5.41, 5.74) is 2.38. The number of hydrazone groups is 1. The van der Waals surface area contributed by atoms with E-state index in [1.165, 1.54) is 26.4 Å². The first-order valence-corrected chi connectivity index (χ1v) is 11.1. The molecule has 0 saturated carbocycles. The number of amides is 2. The van der Waals surface area contributed by atoms with E-state index in [2.05, 4.69) is 15.8 Å². The second-order valence-corrected chi connectivity index (χ2v) is 8.37. The van der Waals surface area contributed by atoms with Crippen molar-refractivity contribution in [2.24, 2.45) is 5.10 Å². The number of nitrogens with zero attached hydrogens (tertiary/aromatic N) is 1. The van der Waals surface area contributed by atoms with E-state index in [0.29, 0.717) is 17.1 Å². The Bertz CT molecular complexity index is 1290. The average Bonchev–Trinajstić information content (AvgIpc) is 3.18. The number of hydrogen-bond donors (Lipinski definition) is 2. The van der Waals surface area contributed by atoms with Crippen LogP contribution >= 0.6 is 22.9 Å². The summed E-state index contributed by atoms with van der Waals surface area (Å²) in [6.07, 6.45) is -3.56. The molecule has 0 bridgehead atoms. The summed E-state index contributed by atoms with van der Waals surface area (Å²) in [4.78, 5) is 25.5. The number of benzene rings is 2. The summed E-state index contributed by atoms with van der Waals surface area (Å²) in [5.74, 6) is -0.304. The fourth-order valence-electron chi connectivity index (χ4n) is 3.03. The van der Waals surface area contributed by atoms with E-state index < -0.39 is 28.6 Å². The molecule has 0 aliphatic heterocycles. The highest BCUT2D eigenvalue weighted by molar-refractivity contribution is 7.15. The van der Waals surface area contributed by atoms with Crippen LogP contribution < -0.4 is 20.2 Å². The molecule has 0 spiro atoms. The normalized spacial score (nSPS) is 11.4. The lowest BCUT2D eigenvalue weighted by Gasteiger charge is -2.10. The van der Waals surface area contributed by atoms with Gasteiger partial charge >= 0.3 is 6.18 Å². The number of aryl methyl sites for hydroxylation is 1. The molecule has 0 fully saturated rings. The highest BCUT2D eigenvalue weighted by atomic mass is 35.5. The van der Waals surface area contributed by atoms with Crippen LogP contribution in [0, 0.1) is 6.92 Å². The Labute approximate surface area is 207 Å². The Morgan fingerprint density at radius 2 is 1.77 bits per heavy atom. The van der Waals surface area contributed by atoms with Crippen LogP contribution in [0.1, 0.15) is 37.4 Å². The zero-order chi connectivity index (χ0) is 25.8. The van der Waals surface area contributed by atoms with E-state index in [0.717, 1.165) is 29.7 Å². The van der Waals surface area contributed by atoms with Crippen molar-refractivity contribution in [3.63, 3.8) is 0 Å². The van der Waals surface area contributed by atoms with Crippen LogP contribution in [0.15, 0.2) is 46.9 Å². The SMILES string of the molecule is COc1ccc(C(=O)Nc2scc(C)c2C(=O)NN=Cc2ccc(Cl)c(C(F)(F)F)c2)cc1OC. The summed E-state index contributed by atoms with van der Waals surface area (Å²) in [6, 6.07) is 7.87. The van der Waals surface area contributed by atoms with Crippen LogP contribution in [0.5, 0.6) is 11.5 Å². The van der Waals surface area contributed by atoms with E-state index in [-0.39, 0.29) is 21.7 Å². The number of nitrogens with one attached hydrogen (secondary N) is 2. The lowest BCUT2D eigenvalue weighted by atomic mass is 10.1. The monoisotopic (exact) mass is 525 g/mol. The molecule has 12 heteroatoms. The average molecular weight is 526 g/mol. The summed E-state index contributed by atoms with van der Waals surface area (Å²) >= 11 is 6.75. The minimum absolute atomic E-state index is 0.0889. The predicted octanol–water partition coefficient (Wildman–Crippen LogP) is 5.76. The lowest BCUT2D eigenvalue weighted by molar-refractivity contribution is -0.137. The van der Waals surface area contributed by atoms with Gasteiger partial charge in [-0.25, -0.2) is 5.43 Å². The maximum absolute atomic E-state index is 13.0. The highest BCUT2D eigenvalue weighted by Gasteiger charge is 2.33. The number of thiophene rings is 1. The number of hydrogen-bond acceptors (Lipinski definition) is 6. The van der Waals surface area contributed by atoms with E-state index in [9.17, 15) is 22.8 Å². The molecule has 1 heterocycles. The van der Waals surface area contributed by atoms with Crippen LogP contribution in [0.2, 0.25) is 5.02 Å². The predicted molar refractivity (Wildman–Crippen MR) is 128 cm³/mol. The highest BCUT2D eigenvalue weighted by Crippen LogP contribution is 2.35. The largest absolute Gasteiger partial charge is 0.493 e.